The summed E-state index contributed by atoms with van der Waals surface area (Å²) in [6.07, 6.45) is -0.862. The Balaban J connectivity index is 2.21. The molecule has 1 aromatic carbocycles. The highest BCUT2D eigenvalue weighted by atomic mass is 16.3. The molecular formula is C12H15NO3. The van der Waals surface area contributed by atoms with Gasteiger partial charge in [-0.25, -0.2) is 0 Å². The second-order valence-electron chi connectivity index (χ2n) is 4.13. The van der Waals surface area contributed by atoms with Crippen LogP contribution in [0.2, 0.25) is 0 Å². The molecule has 1 amide bonds. The van der Waals surface area contributed by atoms with Gasteiger partial charge in [0.05, 0.1) is 12.7 Å². The molecule has 1 atom stereocenters. The van der Waals surface area contributed by atoms with Crippen molar-refractivity contribution in [2.75, 3.05) is 13.2 Å². The highest BCUT2D eigenvalue weighted by Gasteiger charge is 2.29. The third kappa shape index (κ3) is 1.81. The molecule has 0 aliphatic carbocycles. The van der Waals surface area contributed by atoms with E-state index in [2.05, 4.69) is 0 Å². The number of carbonyl (C=O) groups is 1. The highest BCUT2D eigenvalue weighted by molar-refractivity contribution is 5.99. The van der Waals surface area contributed by atoms with Crippen molar-refractivity contribution in [3.8, 4) is 0 Å². The van der Waals surface area contributed by atoms with Crippen LogP contribution in [0.3, 0.4) is 0 Å². The standard InChI is InChI=1S/C12H15NO3/c1-8-3-2-4-9-5-13(6-10(15)7-14)12(16)11(8)9/h2-4,10,14-15H,5-7H2,1H3/t10-/m1/s1. The minimum atomic E-state index is -0.862. The van der Waals surface area contributed by atoms with Gasteiger partial charge < -0.3 is 15.1 Å². The summed E-state index contributed by atoms with van der Waals surface area (Å²) in [4.78, 5) is 13.6. The van der Waals surface area contributed by atoms with Crippen molar-refractivity contribution < 1.29 is 15.0 Å². The number of carbonyl (C=O) groups excluding carboxylic acids is 1. The molecule has 2 rings (SSSR count). The van der Waals surface area contributed by atoms with Crippen molar-refractivity contribution >= 4 is 5.91 Å². The maximum atomic E-state index is 12.0. The molecule has 0 saturated heterocycles. The van der Waals surface area contributed by atoms with Crippen molar-refractivity contribution in [1.29, 1.82) is 0 Å². The average molecular weight is 221 g/mol. The summed E-state index contributed by atoms with van der Waals surface area (Å²) in [5, 5.41) is 18.1. The molecule has 86 valence electrons. The van der Waals surface area contributed by atoms with Crippen molar-refractivity contribution in [2.45, 2.75) is 19.6 Å². The Labute approximate surface area is 94.1 Å². The SMILES string of the molecule is Cc1cccc2c1C(=O)N(C[C@@H](O)CO)C2. The number of aliphatic hydroxyl groups is 2. The van der Waals surface area contributed by atoms with Crippen LogP contribution in [0.1, 0.15) is 21.5 Å². The van der Waals surface area contributed by atoms with Crippen LogP contribution in [0, 0.1) is 6.92 Å². The van der Waals surface area contributed by atoms with Gasteiger partial charge in [-0.15, -0.1) is 0 Å². The maximum Gasteiger partial charge on any atom is 0.254 e. The first-order chi connectivity index (χ1) is 7.63. The number of aliphatic hydroxyl groups excluding tert-OH is 2. The molecule has 0 fully saturated rings. The average Bonchev–Trinajstić information content (AvgIpc) is 2.57. The molecule has 0 bridgehead atoms. The number of benzene rings is 1. The lowest BCUT2D eigenvalue weighted by Gasteiger charge is -2.18. The van der Waals surface area contributed by atoms with Gasteiger partial charge in [0.2, 0.25) is 0 Å². The summed E-state index contributed by atoms with van der Waals surface area (Å²) in [5.41, 5.74) is 2.70. The van der Waals surface area contributed by atoms with Crippen molar-refractivity contribution in [3.63, 3.8) is 0 Å². The number of β-amino-alcohol motifs (C(OH)–C–C–N with tert-alkyl or cyclic N) is 1. The quantitative estimate of drug-likeness (QED) is 0.772. The van der Waals surface area contributed by atoms with Gasteiger partial charge in [0.15, 0.2) is 0 Å². The second-order valence-corrected chi connectivity index (χ2v) is 4.13. The smallest absolute Gasteiger partial charge is 0.254 e. The van der Waals surface area contributed by atoms with Crippen LogP contribution >= 0.6 is 0 Å². The van der Waals surface area contributed by atoms with E-state index < -0.39 is 6.10 Å². The molecule has 2 N–H and O–H groups in total. The number of aryl methyl sites for hydroxylation is 1. The van der Waals surface area contributed by atoms with E-state index in [1.165, 1.54) is 0 Å². The molecule has 1 aromatic rings. The number of fused-ring (bicyclic) bond motifs is 1. The van der Waals surface area contributed by atoms with Crippen molar-refractivity contribution in [1.82, 2.24) is 4.90 Å². The predicted molar refractivity (Wildman–Crippen MR) is 59.0 cm³/mol. The summed E-state index contributed by atoms with van der Waals surface area (Å²) >= 11 is 0. The first-order valence-electron chi connectivity index (χ1n) is 5.30. The van der Waals surface area contributed by atoms with Crippen LogP contribution in [0.5, 0.6) is 0 Å². The molecule has 4 nitrogen and oxygen atoms in total. The van der Waals surface area contributed by atoms with E-state index in [4.69, 9.17) is 5.11 Å². The van der Waals surface area contributed by atoms with Crippen molar-refractivity contribution in [2.24, 2.45) is 0 Å². The van der Waals surface area contributed by atoms with Gasteiger partial charge in [-0.1, -0.05) is 18.2 Å². The van der Waals surface area contributed by atoms with E-state index in [-0.39, 0.29) is 19.1 Å². The lowest BCUT2D eigenvalue weighted by atomic mass is 10.0. The number of hydrogen-bond acceptors (Lipinski definition) is 3. The van der Waals surface area contributed by atoms with Crippen LogP contribution in [-0.2, 0) is 6.54 Å². The molecule has 0 aromatic heterocycles. The fourth-order valence-corrected chi connectivity index (χ4v) is 2.06. The molecular weight excluding hydrogens is 206 g/mol. The summed E-state index contributed by atoms with van der Waals surface area (Å²) in [7, 11) is 0. The fourth-order valence-electron chi connectivity index (χ4n) is 2.06. The van der Waals surface area contributed by atoms with Gasteiger partial charge in [-0.3, -0.25) is 4.79 Å². The first kappa shape index (κ1) is 11.1. The van der Waals surface area contributed by atoms with Crippen LogP contribution in [0.15, 0.2) is 18.2 Å². The lowest BCUT2D eigenvalue weighted by Crippen LogP contribution is -2.34. The van der Waals surface area contributed by atoms with E-state index in [1.54, 1.807) is 4.90 Å². The molecule has 0 saturated carbocycles. The second kappa shape index (κ2) is 4.23. The van der Waals surface area contributed by atoms with E-state index in [1.807, 2.05) is 25.1 Å². The molecule has 16 heavy (non-hydrogen) atoms. The Kier molecular flexibility index (Phi) is 2.94. The van der Waals surface area contributed by atoms with E-state index >= 15 is 0 Å². The number of nitrogens with zero attached hydrogens (tertiary/aromatic N) is 1. The lowest BCUT2D eigenvalue weighted by molar-refractivity contribution is 0.0475. The fraction of sp³-hybridized carbons (Fsp3) is 0.417. The predicted octanol–water partition coefficient (Wildman–Crippen LogP) is 0.304. The molecule has 4 heteroatoms. The van der Waals surface area contributed by atoms with Gasteiger partial charge in [-0.2, -0.15) is 0 Å². The summed E-state index contributed by atoms with van der Waals surface area (Å²) in [6, 6.07) is 5.75. The molecule has 1 aliphatic rings. The Bertz CT molecular complexity index is 417. The van der Waals surface area contributed by atoms with E-state index in [9.17, 15) is 9.90 Å². The van der Waals surface area contributed by atoms with Gasteiger partial charge in [0, 0.05) is 18.7 Å². The third-order valence-electron chi connectivity index (χ3n) is 2.86. The molecule has 0 unspecified atom stereocenters. The zero-order valence-corrected chi connectivity index (χ0v) is 9.18. The number of amides is 1. The Hall–Kier alpha value is -1.39. The zero-order valence-electron chi connectivity index (χ0n) is 9.18. The minimum absolute atomic E-state index is 0.0550. The normalized spacial score (nSPS) is 16.4. The Morgan fingerprint density at radius 2 is 2.25 bits per heavy atom. The molecule has 1 aliphatic heterocycles. The van der Waals surface area contributed by atoms with E-state index in [0.717, 1.165) is 16.7 Å². The van der Waals surface area contributed by atoms with Crippen LogP contribution in [0.4, 0.5) is 0 Å². The van der Waals surface area contributed by atoms with Crippen LogP contribution < -0.4 is 0 Å². The summed E-state index contributed by atoms with van der Waals surface area (Å²) < 4.78 is 0. The van der Waals surface area contributed by atoms with Gasteiger partial charge in [0.25, 0.3) is 5.91 Å². The summed E-state index contributed by atoms with van der Waals surface area (Å²) in [5.74, 6) is -0.0550. The highest BCUT2D eigenvalue weighted by Crippen LogP contribution is 2.25. The molecule has 1 heterocycles. The van der Waals surface area contributed by atoms with Gasteiger partial charge in [0.1, 0.15) is 0 Å². The molecule has 0 spiro atoms. The largest absolute Gasteiger partial charge is 0.394 e. The van der Waals surface area contributed by atoms with Crippen LogP contribution in [0.25, 0.3) is 0 Å². The first-order valence-corrected chi connectivity index (χ1v) is 5.30. The Morgan fingerprint density at radius 3 is 2.88 bits per heavy atom. The number of hydrogen-bond donors (Lipinski definition) is 2. The van der Waals surface area contributed by atoms with Crippen LogP contribution in [-0.4, -0.2) is 40.3 Å². The number of rotatable bonds is 3. The maximum absolute atomic E-state index is 12.0. The summed E-state index contributed by atoms with van der Waals surface area (Å²) in [6.45, 7) is 2.29. The minimum Gasteiger partial charge on any atom is -0.394 e. The zero-order chi connectivity index (χ0) is 11.7. The monoisotopic (exact) mass is 221 g/mol. The third-order valence-corrected chi connectivity index (χ3v) is 2.86. The van der Waals surface area contributed by atoms with E-state index in [0.29, 0.717) is 6.54 Å². The topological polar surface area (TPSA) is 60.8 Å². The van der Waals surface area contributed by atoms with Gasteiger partial charge in [-0.05, 0) is 18.1 Å². The Morgan fingerprint density at radius 1 is 1.50 bits per heavy atom. The van der Waals surface area contributed by atoms with Crippen molar-refractivity contribution in [3.05, 3.63) is 34.9 Å². The molecule has 0 radical (unpaired) electrons. The van der Waals surface area contributed by atoms with Gasteiger partial charge >= 0.3 is 0 Å².